The molecule has 4 rings (SSSR count). The lowest BCUT2D eigenvalue weighted by Crippen LogP contribution is -2.47. The number of pyridine rings is 1. The second-order valence-corrected chi connectivity index (χ2v) is 7.76. The van der Waals surface area contributed by atoms with Crippen LogP contribution < -0.4 is 20.4 Å². The van der Waals surface area contributed by atoms with Gasteiger partial charge in [0.2, 0.25) is 0 Å². The molecule has 2 aromatic rings. The first-order valence-electron chi connectivity index (χ1n) is 10.3. The van der Waals surface area contributed by atoms with Gasteiger partial charge in [-0.2, -0.15) is 0 Å². The molecule has 2 atom stereocenters. The zero-order valence-electron chi connectivity index (χ0n) is 17.5. The maximum Gasteiger partial charge on any atom is 0.191 e. The molecule has 0 radical (unpaired) electrons. The number of aromatic nitrogens is 1. The molecule has 2 unspecified atom stereocenters. The van der Waals surface area contributed by atoms with E-state index >= 15 is 0 Å². The van der Waals surface area contributed by atoms with Gasteiger partial charge in [-0.25, -0.2) is 9.37 Å². The van der Waals surface area contributed by atoms with Crippen molar-refractivity contribution in [2.24, 2.45) is 4.99 Å². The number of guanidine groups is 1. The molecule has 0 bridgehead atoms. The van der Waals surface area contributed by atoms with Crippen molar-refractivity contribution in [2.45, 2.75) is 31.8 Å². The van der Waals surface area contributed by atoms with Gasteiger partial charge >= 0.3 is 0 Å². The van der Waals surface area contributed by atoms with E-state index < -0.39 is 0 Å². The fourth-order valence-electron chi connectivity index (χ4n) is 4.33. The largest absolute Gasteiger partial charge is 0.367 e. The van der Waals surface area contributed by atoms with Gasteiger partial charge in [0, 0.05) is 57.2 Å². The molecule has 0 saturated carbocycles. The monoisotopic (exact) mass is 524 g/mol. The number of para-hydroxylation sites is 1. The van der Waals surface area contributed by atoms with Crippen molar-refractivity contribution in [3.8, 4) is 0 Å². The molecule has 1 saturated heterocycles. The Kier molecular flexibility index (Phi) is 7.74. The predicted octanol–water partition coefficient (Wildman–Crippen LogP) is 3.03. The molecule has 1 aromatic heterocycles. The Morgan fingerprint density at radius 3 is 2.90 bits per heavy atom. The number of rotatable bonds is 5. The van der Waals surface area contributed by atoms with Crippen LogP contribution in [0.5, 0.6) is 0 Å². The number of halogens is 2. The van der Waals surface area contributed by atoms with Crippen LogP contribution >= 0.6 is 24.0 Å². The molecule has 1 aromatic carbocycles. The van der Waals surface area contributed by atoms with Crippen LogP contribution in [0.3, 0.4) is 0 Å². The molecule has 8 heteroatoms. The molecule has 0 aliphatic carbocycles. The molecule has 162 valence electrons. The van der Waals surface area contributed by atoms with Crippen LogP contribution in [0, 0.1) is 5.82 Å². The molecule has 1 fully saturated rings. The fraction of sp³-hybridized carbons (Fsp3) is 0.455. The number of anilines is 2. The molecule has 3 heterocycles. The maximum atomic E-state index is 14.0. The van der Waals surface area contributed by atoms with Gasteiger partial charge in [-0.05, 0) is 43.5 Å². The predicted molar refractivity (Wildman–Crippen MR) is 132 cm³/mol. The van der Waals surface area contributed by atoms with E-state index in [1.807, 2.05) is 4.90 Å². The summed E-state index contributed by atoms with van der Waals surface area (Å²) in [6.07, 6.45) is 3.66. The van der Waals surface area contributed by atoms with E-state index in [-0.39, 0.29) is 35.8 Å². The van der Waals surface area contributed by atoms with E-state index in [0.717, 1.165) is 38.4 Å². The van der Waals surface area contributed by atoms with Gasteiger partial charge in [-0.1, -0.05) is 18.2 Å². The highest BCUT2D eigenvalue weighted by Crippen LogP contribution is 2.31. The maximum absolute atomic E-state index is 14.0. The highest BCUT2D eigenvalue weighted by Gasteiger charge is 2.27. The topological polar surface area (TPSA) is 55.8 Å². The van der Waals surface area contributed by atoms with Crippen LogP contribution in [0.1, 0.15) is 18.9 Å². The highest BCUT2D eigenvalue weighted by atomic mass is 127. The number of benzene rings is 1. The van der Waals surface area contributed by atoms with Crippen LogP contribution in [-0.2, 0) is 6.42 Å². The van der Waals surface area contributed by atoms with Crippen LogP contribution in [0.25, 0.3) is 0 Å². The first-order valence-corrected chi connectivity index (χ1v) is 10.3. The van der Waals surface area contributed by atoms with Crippen LogP contribution in [0.15, 0.2) is 47.6 Å². The van der Waals surface area contributed by atoms with Crippen molar-refractivity contribution in [1.82, 2.24) is 15.6 Å². The third-order valence-electron chi connectivity index (χ3n) is 5.78. The number of nitrogens with zero attached hydrogens (tertiary/aromatic N) is 4. The SMILES string of the molecule is CN=C(NCCN1c2ccccc2CC1C)NC1CCN(c2ncccc2F)C1.I. The zero-order chi connectivity index (χ0) is 20.2. The first-order chi connectivity index (χ1) is 14.2. The summed E-state index contributed by atoms with van der Waals surface area (Å²) in [5, 5.41) is 6.90. The number of hydrogen-bond acceptors (Lipinski definition) is 4. The summed E-state index contributed by atoms with van der Waals surface area (Å²) in [6.45, 7) is 5.51. The third-order valence-corrected chi connectivity index (χ3v) is 5.78. The number of hydrogen-bond donors (Lipinski definition) is 2. The lowest BCUT2D eigenvalue weighted by atomic mass is 10.1. The molecule has 2 N–H and O–H groups in total. The highest BCUT2D eigenvalue weighted by molar-refractivity contribution is 14.0. The minimum atomic E-state index is -0.268. The lowest BCUT2D eigenvalue weighted by Gasteiger charge is -2.26. The second kappa shape index (κ2) is 10.3. The molecule has 30 heavy (non-hydrogen) atoms. The van der Waals surface area contributed by atoms with Crippen LogP contribution in [-0.4, -0.2) is 56.3 Å². The van der Waals surface area contributed by atoms with Crippen LogP contribution in [0.4, 0.5) is 15.9 Å². The number of aliphatic imine (C=N–C) groups is 1. The molecular formula is C22H30FIN6. The van der Waals surface area contributed by atoms with E-state index in [9.17, 15) is 4.39 Å². The number of fused-ring (bicyclic) bond motifs is 1. The summed E-state index contributed by atoms with van der Waals surface area (Å²) >= 11 is 0. The Bertz CT molecular complexity index is 876. The van der Waals surface area contributed by atoms with Crippen molar-refractivity contribution in [3.63, 3.8) is 0 Å². The van der Waals surface area contributed by atoms with Crippen LogP contribution in [0.2, 0.25) is 0 Å². The van der Waals surface area contributed by atoms with Crippen molar-refractivity contribution in [1.29, 1.82) is 0 Å². The summed E-state index contributed by atoms with van der Waals surface area (Å²) in [4.78, 5) is 13.0. The van der Waals surface area contributed by atoms with E-state index in [1.165, 1.54) is 17.3 Å². The average Bonchev–Trinajstić information content (AvgIpc) is 3.31. The van der Waals surface area contributed by atoms with Gasteiger partial charge in [0.05, 0.1) is 0 Å². The number of nitrogens with one attached hydrogen (secondary N) is 2. The lowest BCUT2D eigenvalue weighted by molar-refractivity contribution is 0.611. The van der Waals surface area contributed by atoms with Gasteiger partial charge in [-0.3, -0.25) is 4.99 Å². The summed E-state index contributed by atoms with van der Waals surface area (Å²) in [6, 6.07) is 12.5. The standard InChI is InChI=1S/C22H29FN6.HI/c1-16-14-17-6-3-4-8-20(17)29(16)13-11-26-22(24-2)27-18-9-12-28(15-18)21-19(23)7-5-10-25-21;/h3-8,10,16,18H,9,11-15H2,1-2H3,(H2,24,26,27);1H. The zero-order valence-corrected chi connectivity index (χ0v) is 19.8. The third kappa shape index (κ3) is 4.96. The molecular weight excluding hydrogens is 494 g/mol. The van der Waals surface area contributed by atoms with E-state index in [4.69, 9.17) is 0 Å². The van der Waals surface area contributed by atoms with Crippen molar-refractivity contribution >= 4 is 41.4 Å². The summed E-state index contributed by atoms with van der Waals surface area (Å²) in [5.41, 5.74) is 2.77. The Hall–Kier alpha value is -2.10. The average molecular weight is 524 g/mol. The molecule has 2 aliphatic rings. The van der Waals surface area contributed by atoms with Gasteiger partial charge in [0.1, 0.15) is 0 Å². The Labute approximate surface area is 195 Å². The van der Waals surface area contributed by atoms with E-state index in [1.54, 1.807) is 19.3 Å². The minimum absolute atomic E-state index is 0. The van der Waals surface area contributed by atoms with E-state index in [0.29, 0.717) is 18.4 Å². The summed E-state index contributed by atoms with van der Waals surface area (Å²) < 4.78 is 14.0. The Morgan fingerprint density at radius 1 is 1.27 bits per heavy atom. The van der Waals surface area contributed by atoms with Crippen molar-refractivity contribution in [2.75, 3.05) is 43.0 Å². The smallest absolute Gasteiger partial charge is 0.191 e. The normalized spacial score (nSPS) is 20.7. The summed E-state index contributed by atoms with van der Waals surface area (Å²) in [7, 11) is 1.79. The van der Waals surface area contributed by atoms with Gasteiger partial charge in [0.25, 0.3) is 0 Å². The Morgan fingerprint density at radius 2 is 2.10 bits per heavy atom. The first kappa shape index (κ1) is 22.6. The molecule has 6 nitrogen and oxygen atoms in total. The van der Waals surface area contributed by atoms with Crippen molar-refractivity contribution < 1.29 is 4.39 Å². The van der Waals surface area contributed by atoms with Gasteiger partial charge < -0.3 is 20.4 Å². The minimum Gasteiger partial charge on any atom is -0.367 e. The van der Waals surface area contributed by atoms with Gasteiger partial charge in [0.15, 0.2) is 17.6 Å². The fourth-order valence-corrected chi connectivity index (χ4v) is 4.33. The van der Waals surface area contributed by atoms with Gasteiger partial charge in [-0.15, -0.1) is 24.0 Å². The summed E-state index contributed by atoms with van der Waals surface area (Å²) in [5.74, 6) is 0.954. The molecule has 0 amide bonds. The van der Waals surface area contributed by atoms with Crippen molar-refractivity contribution in [3.05, 3.63) is 54.0 Å². The molecule has 0 spiro atoms. The second-order valence-electron chi connectivity index (χ2n) is 7.76. The van der Waals surface area contributed by atoms with E-state index in [2.05, 4.69) is 56.7 Å². The Balaban J connectivity index is 0.00000256. The molecule has 2 aliphatic heterocycles. The quantitative estimate of drug-likeness (QED) is 0.358.